The van der Waals surface area contributed by atoms with E-state index in [1.807, 2.05) is 11.8 Å². The molecule has 0 spiro atoms. The van der Waals surface area contributed by atoms with Crippen LogP contribution < -0.4 is 5.73 Å². The van der Waals surface area contributed by atoms with Crippen molar-refractivity contribution >= 4 is 5.91 Å². The Kier molecular flexibility index (Phi) is 4.54. The minimum Gasteiger partial charge on any atom is -0.339 e. The average Bonchev–Trinajstić information content (AvgIpc) is 2.27. The molecule has 4 nitrogen and oxygen atoms in total. The monoisotopic (exact) mass is 213 g/mol. The SMILES string of the molecule is CC[C@H](C)[C@H](N)C(=O)N1CCN(C)CC1. The third kappa shape index (κ3) is 3.18. The van der Waals surface area contributed by atoms with Crippen molar-refractivity contribution in [1.82, 2.24) is 9.80 Å². The fourth-order valence-electron chi connectivity index (χ4n) is 1.73. The van der Waals surface area contributed by atoms with E-state index in [9.17, 15) is 4.79 Å². The van der Waals surface area contributed by atoms with Gasteiger partial charge in [-0.1, -0.05) is 20.3 Å². The minimum absolute atomic E-state index is 0.123. The standard InChI is InChI=1S/C11H23N3O/c1-4-9(2)10(12)11(15)14-7-5-13(3)6-8-14/h9-10H,4-8,12H2,1-3H3/t9-,10-/m0/s1. The third-order valence-electron chi connectivity index (χ3n) is 3.36. The van der Waals surface area contributed by atoms with Crippen molar-refractivity contribution in [2.75, 3.05) is 33.2 Å². The van der Waals surface area contributed by atoms with E-state index in [1.54, 1.807) is 0 Å². The van der Waals surface area contributed by atoms with E-state index in [0.29, 0.717) is 0 Å². The number of hydrogen-bond donors (Lipinski definition) is 1. The summed E-state index contributed by atoms with van der Waals surface area (Å²) >= 11 is 0. The van der Waals surface area contributed by atoms with E-state index in [0.717, 1.165) is 32.6 Å². The Hall–Kier alpha value is -0.610. The zero-order valence-electron chi connectivity index (χ0n) is 10.1. The number of hydrogen-bond acceptors (Lipinski definition) is 3. The first-order valence-electron chi connectivity index (χ1n) is 5.79. The van der Waals surface area contributed by atoms with Crippen LogP contribution in [0.15, 0.2) is 0 Å². The fourth-order valence-corrected chi connectivity index (χ4v) is 1.73. The zero-order chi connectivity index (χ0) is 11.4. The first-order valence-corrected chi connectivity index (χ1v) is 5.79. The topological polar surface area (TPSA) is 49.6 Å². The summed E-state index contributed by atoms with van der Waals surface area (Å²) in [6.45, 7) is 7.66. The zero-order valence-corrected chi connectivity index (χ0v) is 10.1. The van der Waals surface area contributed by atoms with Gasteiger partial charge in [0.1, 0.15) is 0 Å². The molecule has 15 heavy (non-hydrogen) atoms. The molecule has 1 aliphatic heterocycles. The summed E-state index contributed by atoms with van der Waals surface area (Å²) in [7, 11) is 2.08. The van der Waals surface area contributed by atoms with E-state index in [2.05, 4.69) is 18.9 Å². The quantitative estimate of drug-likeness (QED) is 0.725. The molecule has 88 valence electrons. The highest BCUT2D eigenvalue weighted by Crippen LogP contribution is 2.10. The lowest BCUT2D eigenvalue weighted by Crippen LogP contribution is -2.53. The molecule has 0 aromatic heterocycles. The Balaban J connectivity index is 2.46. The van der Waals surface area contributed by atoms with Gasteiger partial charge < -0.3 is 15.5 Å². The maximum atomic E-state index is 12.0. The van der Waals surface area contributed by atoms with Crippen LogP contribution in [0.4, 0.5) is 0 Å². The van der Waals surface area contributed by atoms with Crippen molar-refractivity contribution in [3.8, 4) is 0 Å². The summed E-state index contributed by atoms with van der Waals surface area (Å²) in [6.07, 6.45) is 0.959. The molecule has 0 saturated carbocycles. The predicted molar refractivity (Wildman–Crippen MR) is 61.5 cm³/mol. The molecule has 1 heterocycles. The summed E-state index contributed by atoms with van der Waals surface area (Å²) in [5, 5.41) is 0. The molecule has 1 rings (SSSR count). The molecule has 0 bridgehead atoms. The van der Waals surface area contributed by atoms with Gasteiger partial charge in [0.05, 0.1) is 6.04 Å². The lowest BCUT2D eigenvalue weighted by atomic mass is 9.98. The maximum absolute atomic E-state index is 12.0. The number of nitrogens with zero attached hydrogens (tertiary/aromatic N) is 2. The Morgan fingerprint density at radius 3 is 2.33 bits per heavy atom. The molecular weight excluding hydrogens is 190 g/mol. The van der Waals surface area contributed by atoms with Crippen LogP contribution in [0.5, 0.6) is 0 Å². The van der Waals surface area contributed by atoms with Crippen LogP contribution >= 0.6 is 0 Å². The van der Waals surface area contributed by atoms with Gasteiger partial charge in [-0.25, -0.2) is 0 Å². The van der Waals surface area contributed by atoms with Gasteiger partial charge >= 0.3 is 0 Å². The highest BCUT2D eigenvalue weighted by atomic mass is 16.2. The van der Waals surface area contributed by atoms with E-state index < -0.39 is 0 Å². The van der Waals surface area contributed by atoms with E-state index in [1.165, 1.54) is 0 Å². The lowest BCUT2D eigenvalue weighted by molar-refractivity contribution is -0.135. The lowest BCUT2D eigenvalue weighted by Gasteiger charge is -2.34. The van der Waals surface area contributed by atoms with Crippen LogP contribution in [0.2, 0.25) is 0 Å². The Morgan fingerprint density at radius 2 is 1.87 bits per heavy atom. The number of rotatable bonds is 3. The molecule has 0 aromatic rings. The molecule has 1 saturated heterocycles. The van der Waals surface area contributed by atoms with Crippen molar-refractivity contribution in [3.05, 3.63) is 0 Å². The normalized spacial score (nSPS) is 22.5. The summed E-state index contributed by atoms with van der Waals surface area (Å²) in [5.74, 6) is 0.398. The minimum atomic E-state index is -0.321. The van der Waals surface area contributed by atoms with Gasteiger partial charge in [0, 0.05) is 26.2 Å². The van der Waals surface area contributed by atoms with Gasteiger partial charge in [0.15, 0.2) is 0 Å². The molecule has 0 aliphatic carbocycles. The van der Waals surface area contributed by atoms with Gasteiger partial charge in [-0.15, -0.1) is 0 Å². The third-order valence-corrected chi connectivity index (χ3v) is 3.36. The summed E-state index contributed by atoms with van der Waals surface area (Å²) < 4.78 is 0. The van der Waals surface area contributed by atoms with E-state index >= 15 is 0 Å². The van der Waals surface area contributed by atoms with Crippen molar-refractivity contribution in [2.45, 2.75) is 26.3 Å². The second-order valence-electron chi connectivity index (χ2n) is 4.54. The van der Waals surface area contributed by atoms with Crippen LogP contribution in [0.1, 0.15) is 20.3 Å². The molecule has 2 N–H and O–H groups in total. The number of carbonyl (C=O) groups is 1. The number of nitrogens with two attached hydrogens (primary N) is 1. The molecule has 0 unspecified atom stereocenters. The Labute approximate surface area is 92.4 Å². The van der Waals surface area contributed by atoms with Gasteiger partial charge in [-0.2, -0.15) is 0 Å². The largest absolute Gasteiger partial charge is 0.339 e. The second-order valence-corrected chi connectivity index (χ2v) is 4.54. The molecule has 1 fully saturated rings. The van der Waals surface area contributed by atoms with Crippen LogP contribution in [0, 0.1) is 5.92 Å². The molecule has 1 amide bonds. The van der Waals surface area contributed by atoms with E-state index in [-0.39, 0.29) is 17.9 Å². The van der Waals surface area contributed by atoms with Crippen molar-refractivity contribution < 1.29 is 4.79 Å². The van der Waals surface area contributed by atoms with Crippen LogP contribution in [0.25, 0.3) is 0 Å². The first kappa shape index (κ1) is 12.5. The fraction of sp³-hybridized carbons (Fsp3) is 0.909. The Morgan fingerprint density at radius 1 is 1.33 bits per heavy atom. The van der Waals surface area contributed by atoms with Gasteiger partial charge in [-0.3, -0.25) is 4.79 Å². The Bertz CT molecular complexity index is 212. The molecule has 0 aromatic carbocycles. The van der Waals surface area contributed by atoms with Gasteiger partial charge in [0.2, 0.25) is 5.91 Å². The molecule has 0 radical (unpaired) electrons. The number of piperazine rings is 1. The smallest absolute Gasteiger partial charge is 0.239 e. The number of amides is 1. The summed E-state index contributed by atoms with van der Waals surface area (Å²) in [6, 6.07) is -0.321. The van der Waals surface area contributed by atoms with Crippen molar-refractivity contribution in [3.63, 3.8) is 0 Å². The van der Waals surface area contributed by atoms with Gasteiger partial charge in [0.25, 0.3) is 0 Å². The van der Waals surface area contributed by atoms with E-state index in [4.69, 9.17) is 5.73 Å². The van der Waals surface area contributed by atoms with Gasteiger partial charge in [-0.05, 0) is 13.0 Å². The van der Waals surface area contributed by atoms with Crippen molar-refractivity contribution in [2.24, 2.45) is 11.7 Å². The molecule has 2 atom stereocenters. The molecule has 1 aliphatic rings. The summed E-state index contributed by atoms with van der Waals surface area (Å²) in [4.78, 5) is 16.1. The van der Waals surface area contributed by atoms with Crippen molar-refractivity contribution in [1.29, 1.82) is 0 Å². The van der Waals surface area contributed by atoms with Crippen LogP contribution in [-0.4, -0.2) is 55.0 Å². The molecule has 4 heteroatoms. The highest BCUT2D eigenvalue weighted by molar-refractivity contribution is 5.82. The summed E-state index contributed by atoms with van der Waals surface area (Å²) in [5.41, 5.74) is 5.93. The highest BCUT2D eigenvalue weighted by Gasteiger charge is 2.26. The second kappa shape index (κ2) is 5.47. The maximum Gasteiger partial charge on any atom is 0.239 e. The average molecular weight is 213 g/mol. The number of likely N-dealkylation sites (N-methyl/N-ethyl adjacent to an activating group) is 1. The number of carbonyl (C=O) groups excluding carboxylic acids is 1. The van der Waals surface area contributed by atoms with Crippen LogP contribution in [-0.2, 0) is 4.79 Å². The molecular formula is C11H23N3O. The van der Waals surface area contributed by atoms with Crippen LogP contribution in [0.3, 0.4) is 0 Å². The first-order chi connectivity index (χ1) is 7.06. The predicted octanol–water partition coefficient (Wildman–Crippen LogP) is 0.134.